The first-order valence-electron chi connectivity index (χ1n) is 8.18. The second-order valence-electron chi connectivity index (χ2n) is 6.21. The maximum Gasteiger partial charge on any atom is 0.229 e. The number of ether oxygens (including phenoxy) is 2. The van der Waals surface area contributed by atoms with Crippen molar-refractivity contribution in [2.45, 2.75) is 37.6 Å². The Bertz CT molecular complexity index is 794. The van der Waals surface area contributed by atoms with E-state index in [0.717, 1.165) is 0 Å². The van der Waals surface area contributed by atoms with Gasteiger partial charge >= 0.3 is 0 Å². The highest BCUT2D eigenvalue weighted by Crippen LogP contribution is 2.45. The predicted molar refractivity (Wildman–Crippen MR) is 128 cm³/mol. The summed E-state index contributed by atoms with van der Waals surface area (Å²) in [5.74, 6) is -0.135. The van der Waals surface area contributed by atoms with Crippen LogP contribution >= 0.6 is 67.8 Å². The summed E-state index contributed by atoms with van der Waals surface area (Å²) in [4.78, 5) is 24.4. The number of amides is 2. The summed E-state index contributed by atoms with van der Waals surface area (Å²) in [6.45, 7) is 0.743. The molecule has 5 N–H and O–H groups in total. The Balaban J connectivity index is 2.56. The van der Waals surface area contributed by atoms with E-state index in [0.29, 0.717) is 28.5 Å². The van der Waals surface area contributed by atoms with E-state index < -0.39 is 37.3 Å². The summed E-state index contributed by atoms with van der Waals surface area (Å²) in [6, 6.07) is 0. The summed E-state index contributed by atoms with van der Waals surface area (Å²) in [5, 5.41) is 42.3. The van der Waals surface area contributed by atoms with Gasteiger partial charge in [0.2, 0.25) is 18.6 Å². The molecule has 10 nitrogen and oxygen atoms in total. The standard InChI is InChI=1S/C16H19I3N2O8/c1-5(24)20-10-7(17)11(21(2)4-23)9(19)15(8(10)18)29-16-14(27)13(26)12(25)6(3-22)28-16/h4,6,12-14,16,22,25-27H,3H2,1-2H3,(H,20,24)/t6-,12-,13+,14-,16+/m1/s1. The smallest absolute Gasteiger partial charge is 0.229 e. The van der Waals surface area contributed by atoms with Crippen molar-refractivity contribution in [3.63, 3.8) is 0 Å². The minimum atomic E-state index is -1.60. The Morgan fingerprint density at radius 1 is 1.17 bits per heavy atom. The van der Waals surface area contributed by atoms with Gasteiger partial charge in [-0.05, 0) is 67.8 Å². The van der Waals surface area contributed by atoms with Crippen molar-refractivity contribution in [2.75, 3.05) is 23.9 Å². The van der Waals surface area contributed by atoms with Crippen LogP contribution in [-0.2, 0) is 14.3 Å². The minimum Gasteiger partial charge on any atom is -0.460 e. The molecule has 0 bridgehead atoms. The molecule has 2 amide bonds. The van der Waals surface area contributed by atoms with Crippen molar-refractivity contribution in [2.24, 2.45) is 0 Å². The van der Waals surface area contributed by atoms with Gasteiger partial charge in [-0.15, -0.1) is 0 Å². The molecule has 0 aliphatic carbocycles. The van der Waals surface area contributed by atoms with Crippen molar-refractivity contribution in [3.05, 3.63) is 10.7 Å². The van der Waals surface area contributed by atoms with E-state index in [-0.39, 0.29) is 11.7 Å². The third-order valence-corrected chi connectivity index (χ3v) is 7.23. The van der Waals surface area contributed by atoms with Crippen LogP contribution in [0.15, 0.2) is 0 Å². The Kier molecular flexibility index (Phi) is 9.14. The number of halogens is 3. The molecule has 0 aromatic heterocycles. The highest BCUT2D eigenvalue weighted by molar-refractivity contribution is 14.1. The van der Waals surface area contributed by atoms with Gasteiger partial charge in [0.25, 0.3) is 0 Å². The van der Waals surface area contributed by atoms with Gasteiger partial charge in [0.1, 0.15) is 24.4 Å². The van der Waals surface area contributed by atoms with Crippen LogP contribution in [0.5, 0.6) is 5.75 Å². The van der Waals surface area contributed by atoms with Crippen LogP contribution in [0, 0.1) is 10.7 Å². The minimum absolute atomic E-state index is 0.198. The van der Waals surface area contributed by atoms with Crippen molar-refractivity contribution in [3.8, 4) is 5.75 Å². The normalized spacial score (nSPS) is 26.7. The van der Waals surface area contributed by atoms with Gasteiger partial charge in [-0.2, -0.15) is 0 Å². The fourth-order valence-corrected chi connectivity index (χ4v) is 7.11. The average Bonchev–Trinajstić information content (AvgIpc) is 2.67. The molecule has 13 heteroatoms. The molecule has 1 fully saturated rings. The lowest BCUT2D eigenvalue weighted by atomic mass is 9.99. The molecule has 5 atom stereocenters. The maximum atomic E-state index is 11.7. The van der Waals surface area contributed by atoms with Crippen LogP contribution in [0.2, 0.25) is 0 Å². The van der Waals surface area contributed by atoms with Gasteiger partial charge in [-0.1, -0.05) is 0 Å². The van der Waals surface area contributed by atoms with Crippen molar-refractivity contribution >= 4 is 91.5 Å². The first-order valence-corrected chi connectivity index (χ1v) is 11.4. The van der Waals surface area contributed by atoms with Gasteiger partial charge in [-0.3, -0.25) is 9.59 Å². The summed E-state index contributed by atoms with van der Waals surface area (Å²) in [5.41, 5.74) is 0.868. The monoisotopic (exact) mass is 748 g/mol. The number of aliphatic hydroxyl groups excluding tert-OH is 4. The molecule has 1 aromatic carbocycles. The predicted octanol–water partition coefficient (Wildman–Crippen LogP) is 0.230. The van der Waals surface area contributed by atoms with Crippen molar-refractivity contribution < 1.29 is 39.5 Å². The SMILES string of the molecule is CC(=O)Nc1c(I)c(O[C@@H]2O[C@H](CO)[C@@H](O)[C@H](O)[C@H]2O)c(I)c(N(C)C=O)c1I. The second-order valence-corrected chi connectivity index (χ2v) is 9.44. The van der Waals surface area contributed by atoms with Gasteiger partial charge < -0.3 is 40.1 Å². The number of benzene rings is 1. The van der Waals surface area contributed by atoms with Gasteiger partial charge in [0.05, 0.1) is 28.7 Å². The Labute approximate surface area is 207 Å². The van der Waals surface area contributed by atoms with Gasteiger partial charge in [0.15, 0.2) is 5.75 Å². The summed E-state index contributed by atoms with van der Waals surface area (Å²) >= 11 is 5.92. The fraction of sp³-hybridized carbons (Fsp3) is 0.500. The third-order valence-electron chi connectivity index (χ3n) is 4.15. The van der Waals surface area contributed by atoms with Crippen molar-refractivity contribution in [1.29, 1.82) is 0 Å². The molecular weight excluding hydrogens is 729 g/mol. The topological polar surface area (TPSA) is 149 Å². The molecule has 0 saturated carbocycles. The largest absolute Gasteiger partial charge is 0.460 e. The second kappa shape index (κ2) is 10.5. The van der Waals surface area contributed by atoms with Crippen LogP contribution in [-0.4, -0.2) is 77.1 Å². The Morgan fingerprint density at radius 3 is 2.31 bits per heavy atom. The molecule has 0 radical (unpaired) electrons. The number of carbonyl (C=O) groups is 2. The summed E-state index contributed by atoms with van der Waals surface area (Å²) in [6.07, 6.45) is -6.66. The maximum absolute atomic E-state index is 11.7. The molecule has 29 heavy (non-hydrogen) atoms. The summed E-state index contributed by atoms with van der Waals surface area (Å²) < 4.78 is 12.8. The number of nitrogens with zero attached hydrogens (tertiary/aromatic N) is 1. The van der Waals surface area contributed by atoms with E-state index >= 15 is 0 Å². The van der Waals surface area contributed by atoms with Gasteiger partial charge in [-0.25, -0.2) is 0 Å². The summed E-state index contributed by atoms with van der Waals surface area (Å²) in [7, 11) is 1.54. The number of rotatable bonds is 6. The average molecular weight is 748 g/mol. The highest BCUT2D eigenvalue weighted by Gasteiger charge is 2.45. The third kappa shape index (κ3) is 5.24. The van der Waals surface area contributed by atoms with E-state index in [4.69, 9.17) is 9.47 Å². The van der Waals surface area contributed by atoms with E-state index in [1.54, 1.807) is 0 Å². The molecule has 1 aliphatic rings. The highest BCUT2D eigenvalue weighted by atomic mass is 127. The molecule has 1 heterocycles. The Hall–Kier alpha value is -0.0500. The molecule has 0 spiro atoms. The lowest BCUT2D eigenvalue weighted by Crippen LogP contribution is -2.60. The van der Waals surface area contributed by atoms with Crippen molar-refractivity contribution in [1.82, 2.24) is 0 Å². The quantitative estimate of drug-likeness (QED) is 0.205. The zero-order chi connectivity index (χ0) is 22.0. The fourth-order valence-electron chi connectivity index (χ4n) is 2.66. The van der Waals surface area contributed by atoms with Crippen LogP contribution in [0.4, 0.5) is 11.4 Å². The first kappa shape index (κ1) is 25.2. The van der Waals surface area contributed by atoms with Crippen LogP contribution < -0.4 is 15.0 Å². The van der Waals surface area contributed by atoms with Gasteiger partial charge in [0, 0.05) is 14.0 Å². The number of anilines is 2. The lowest BCUT2D eigenvalue weighted by molar-refractivity contribution is -0.277. The van der Waals surface area contributed by atoms with E-state index in [1.807, 2.05) is 67.8 Å². The van der Waals surface area contributed by atoms with Crippen LogP contribution in [0.25, 0.3) is 0 Å². The first-order chi connectivity index (χ1) is 13.5. The number of nitrogens with one attached hydrogen (secondary N) is 1. The zero-order valence-corrected chi connectivity index (χ0v) is 21.6. The molecule has 1 aliphatic heterocycles. The molecule has 1 aromatic rings. The van der Waals surface area contributed by atoms with E-state index in [1.165, 1.54) is 18.9 Å². The molecule has 162 valence electrons. The van der Waals surface area contributed by atoms with Crippen LogP contribution in [0.1, 0.15) is 6.92 Å². The Morgan fingerprint density at radius 2 is 1.79 bits per heavy atom. The van der Waals surface area contributed by atoms with E-state index in [9.17, 15) is 30.0 Å². The molecule has 1 saturated heterocycles. The van der Waals surface area contributed by atoms with E-state index in [2.05, 4.69) is 5.32 Å². The molecule has 2 rings (SSSR count). The number of aliphatic hydroxyl groups is 4. The number of hydrogen-bond donors (Lipinski definition) is 5. The molecule has 0 unspecified atom stereocenters. The number of hydrogen-bond acceptors (Lipinski definition) is 8. The lowest BCUT2D eigenvalue weighted by Gasteiger charge is -2.40. The number of carbonyl (C=O) groups excluding carboxylic acids is 2. The van der Waals surface area contributed by atoms with Crippen LogP contribution in [0.3, 0.4) is 0 Å². The molecular formula is C16H19I3N2O8. The zero-order valence-electron chi connectivity index (χ0n) is 15.2.